The molecule has 2 N–H and O–H groups in total. The summed E-state index contributed by atoms with van der Waals surface area (Å²) < 4.78 is 5.75. The molecule has 0 bridgehead atoms. The van der Waals surface area contributed by atoms with Crippen LogP contribution >= 0.6 is 0 Å². The second kappa shape index (κ2) is 7.04. The van der Waals surface area contributed by atoms with E-state index in [1.54, 1.807) is 24.1 Å². The minimum Gasteiger partial charge on any atom is -0.478 e. The topological polar surface area (TPSA) is 70.7 Å². The number of hydrogen-bond donors (Lipinski definition) is 2. The summed E-state index contributed by atoms with van der Waals surface area (Å²) in [5.41, 5.74) is 1.47. The van der Waals surface area contributed by atoms with Gasteiger partial charge in [-0.1, -0.05) is 30.3 Å². The lowest BCUT2D eigenvalue weighted by molar-refractivity contribution is -0.126. The molecule has 1 aliphatic heterocycles. The molecule has 2 aromatic carbocycles. The van der Waals surface area contributed by atoms with Crippen molar-refractivity contribution in [3.05, 3.63) is 54.6 Å². The van der Waals surface area contributed by atoms with Crippen molar-refractivity contribution in [3.8, 4) is 5.75 Å². The van der Waals surface area contributed by atoms with Gasteiger partial charge in [-0.2, -0.15) is 0 Å². The molecule has 6 heteroatoms. The molecule has 0 saturated heterocycles. The first-order valence-electron chi connectivity index (χ1n) is 7.78. The molecule has 0 aliphatic carbocycles. The van der Waals surface area contributed by atoms with Crippen molar-refractivity contribution in [3.63, 3.8) is 0 Å². The van der Waals surface area contributed by atoms with Gasteiger partial charge in [0, 0.05) is 25.7 Å². The van der Waals surface area contributed by atoms with Gasteiger partial charge < -0.3 is 20.3 Å². The number of nitrogens with one attached hydrogen (secondary N) is 2. The van der Waals surface area contributed by atoms with E-state index in [9.17, 15) is 9.59 Å². The van der Waals surface area contributed by atoms with E-state index in [1.165, 1.54) is 0 Å². The van der Waals surface area contributed by atoms with Crippen LogP contribution in [0.4, 0.5) is 16.2 Å². The lowest BCUT2D eigenvalue weighted by atomic mass is 10.1. The highest BCUT2D eigenvalue weighted by Gasteiger charge is 2.31. The number of amides is 3. The average molecular weight is 325 g/mol. The van der Waals surface area contributed by atoms with Crippen molar-refractivity contribution in [2.75, 3.05) is 23.8 Å². The van der Waals surface area contributed by atoms with Gasteiger partial charge >= 0.3 is 6.03 Å². The van der Waals surface area contributed by atoms with Crippen LogP contribution in [0.5, 0.6) is 5.75 Å². The van der Waals surface area contributed by atoms with Crippen LogP contribution in [0.2, 0.25) is 0 Å². The average Bonchev–Trinajstić information content (AvgIpc) is 2.60. The fourth-order valence-electron chi connectivity index (χ4n) is 2.57. The lowest BCUT2D eigenvalue weighted by Crippen LogP contribution is -2.45. The highest BCUT2D eigenvalue weighted by atomic mass is 16.5. The predicted octanol–water partition coefficient (Wildman–Crippen LogP) is 2.62. The number of carbonyl (C=O) groups excluding carboxylic acids is 2. The van der Waals surface area contributed by atoms with Crippen LogP contribution in [0.3, 0.4) is 0 Å². The molecule has 24 heavy (non-hydrogen) atoms. The summed E-state index contributed by atoms with van der Waals surface area (Å²) in [5.74, 6) is 0.567. The van der Waals surface area contributed by atoms with Crippen LogP contribution in [0, 0.1) is 0 Å². The second-order valence-electron chi connectivity index (χ2n) is 5.51. The fraction of sp³-hybridized carbons (Fsp3) is 0.222. The Morgan fingerprint density at radius 3 is 2.62 bits per heavy atom. The van der Waals surface area contributed by atoms with Gasteiger partial charge in [-0.3, -0.25) is 4.79 Å². The molecule has 2 aromatic rings. The first-order chi connectivity index (χ1) is 11.6. The SMILES string of the molecule is CN1C(=O)C(CCNC(=O)Nc2ccccc2)Oc2ccccc21. The van der Waals surface area contributed by atoms with Crippen molar-refractivity contribution in [2.45, 2.75) is 12.5 Å². The van der Waals surface area contributed by atoms with Gasteiger partial charge in [0.25, 0.3) is 5.91 Å². The zero-order valence-corrected chi connectivity index (χ0v) is 13.4. The highest BCUT2D eigenvalue weighted by molar-refractivity contribution is 5.99. The van der Waals surface area contributed by atoms with Crippen molar-refractivity contribution in [2.24, 2.45) is 0 Å². The first-order valence-corrected chi connectivity index (χ1v) is 7.78. The van der Waals surface area contributed by atoms with E-state index >= 15 is 0 Å². The van der Waals surface area contributed by atoms with Gasteiger partial charge in [0.2, 0.25) is 0 Å². The minimum absolute atomic E-state index is 0.112. The molecule has 0 aromatic heterocycles. The van der Waals surface area contributed by atoms with E-state index in [0.29, 0.717) is 24.4 Å². The molecular formula is C18H19N3O3. The Hall–Kier alpha value is -3.02. The number of nitrogens with zero attached hydrogens (tertiary/aromatic N) is 1. The monoisotopic (exact) mass is 325 g/mol. The number of rotatable bonds is 4. The maximum absolute atomic E-state index is 12.3. The summed E-state index contributed by atoms with van der Waals surface area (Å²) >= 11 is 0. The Kier molecular flexibility index (Phi) is 4.65. The number of carbonyl (C=O) groups is 2. The van der Waals surface area contributed by atoms with E-state index in [2.05, 4.69) is 10.6 Å². The zero-order chi connectivity index (χ0) is 16.9. The van der Waals surface area contributed by atoms with Gasteiger partial charge in [0.1, 0.15) is 5.75 Å². The van der Waals surface area contributed by atoms with Crippen LogP contribution in [0.25, 0.3) is 0 Å². The molecule has 0 spiro atoms. The normalized spacial score (nSPS) is 16.1. The standard InChI is InChI=1S/C18H19N3O3/c1-21-14-9-5-6-10-15(14)24-16(17(21)22)11-12-19-18(23)20-13-7-3-2-4-8-13/h2-10,16H,11-12H2,1H3,(H2,19,20,23). The third-order valence-electron chi connectivity index (χ3n) is 3.83. The predicted molar refractivity (Wildman–Crippen MR) is 92.3 cm³/mol. The third-order valence-corrected chi connectivity index (χ3v) is 3.83. The quantitative estimate of drug-likeness (QED) is 0.908. The zero-order valence-electron chi connectivity index (χ0n) is 13.4. The Balaban J connectivity index is 1.52. The van der Waals surface area contributed by atoms with Gasteiger partial charge in [-0.15, -0.1) is 0 Å². The van der Waals surface area contributed by atoms with Crippen molar-refractivity contribution < 1.29 is 14.3 Å². The molecule has 3 amide bonds. The molecule has 1 unspecified atom stereocenters. The van der Waals surface area contributed by atoms with E-state index in [1.807, 2.05) is 42.5 Å². The lowest BCUT2D eigenvalue weighted by Gasteiger charge is -2.31. The number of ether oxygens (including phenoxy) is 1. The number of para-hydroxylation sites is 3. The van der Waals surface area contributed by atoms with Crippen LogP contribution in [-0.4, -0.2) is 31.6 Å². The fourth-order valence-corrected chi connectivity index (χ4v) is 2.57. The van der Waals surface area contributed by atoms with Crippen LogP contribution in [0.1, 0.15) is 6.42 Å². The van der Waals surface area contributed by atoms with Crippen LogP contribution in [-0.2, 0) is 4.79 Å². The van der Waals surface area contributed by atoms with E-state index in [4.69, 9.17) is 4.74 Å². The maximum atomic E-state index is 12.3. The molecular weight excluding hydrogens is 306 g/mol. The molecule has 6 nitrogen and oxygen atoms in total. The van der Waals surface area contributed by atoms with E-state index < -0.39 is 6.10 Å². The number of hydrogen-bond acceptors (Lipinski definition) is 3. The summed E-state index contributed by atoms with van der Waals surface area (Å²) in [6, 6.07) is 16.3. The molecule has 0 fully saturated rings. The van der Waals surface area contributed by atoms with Gasteiger partial charge in [-0.05, 0) is 24.3 Å². The molecule has 0 saturated carbocycles. The molecule has 0 radical (unpaired) electrons. The maximum Gasteiger partial charge on any atom is 0.319 e. The number of likely N-dealkylation sites (N-methyl/N-ethyl adjacent to an activating group) is 1. The smallest absolute Gasteiger partial charge is 0.319 e. The Labute approximate surface area is 140 Å². The Morgan fingerprint density at radius 1 is 1.12 bits per heavy atom. The van der Waals surface area contributed by atoms with Crippen LogP contribution < -0.4 is 20.3 Å². The summed E-state index contributed by atoms with van der Waals surface area (Å²) in [6.07, 6.45) is -0.193. The number of anilines is 2. The molecule has 124 valence electrons. The van der Waals surface area contributed by atoms with Gasteiger partial charge in [0.15, 0.2) is 6.10 Å². The summed E-state index contributed by atoms with van der Waals surface area (Å²) in [5, 5.41) is 5.47. The molecule has 1 heterocycles. The van der Waals surface area contributed by atoms with Crippen molar-refractivity contribution in [1.29, 1.82) is 0 Å². The largest absolute Gasteiger partial charge is 0.478 e. The van der Waals surface area contributed by atoms with Gasteiger partial charge in [0.05, 0.1) is 5.69 Å². The summed E-state index contributed by atoms with van der Waals surface area (Å²) in [7, 11) is 1.73. The second-order valence-corrected chi connectivity index (χ2v) is 5.51. The Bertz CT molecular complexity index is 733. The number of urea groups is 1. The first kappa shape index (κ1) is 15.9. The molecule has 1 aliphatic rings. The molecule has 1 atom stereocenters. The van der Waals surface area contributed by atoms with Crippen molar-refractivity contribution in [1.82, 2.24) is 5.32 Å². The number of benzene rings is 2. The highest BCUT2D eigenvalue weighted by Crippen LogP contribution is 2.33. The van der Waals surface area contributed by atoms with Gasteiger partial charge in [-0.25, -0.2) is 4.79 Å². The van der Waals surface area contributed by atoms with Crippen molar-refractivity contribution >= 4 is 23.3 Å². The summed E-state index contributed by atoms with van der Waals surface area (Å²) in [4.78, 5) is 25.8. The third kappa shape index (κ3) is 3.48. The minimum atomic E-state index is -0.595. The number of fused-ring (bicyclic) bond motifs is 1. The van der Waals surface area contributed by atoms with E-state index in [0.717, 1.165) is 5.69 Å². The summed E-state index contributed by atoms with van der Waals surface area (Å²) in [6.45, 7) is 0.338. The van der Waals surface area contributed by atoms with Crippen LogP contribution in [0.15, 0.2) is 54.6 Å². The van der Waals surface area contributed by atoms with E-state index in [-0.39, 0.29) is 11.9 Å². The Morgan fingerprint density at radius 2 is 1.83 bits per heavy atom. The molecule has 3 rings (SSSR count).